The molecule has 0 fully saturated rings. The van der Waals surface area contributed by atoms with E-state index in [1.165, 1.54) is 14.0 Å². The Kier molecular flexibility index (Phi) is 5.74. The zero-order chi connectivity index (χ0) is 20.1. The molecule has 7 heteroatoms. The Morgan fingerprint density at radius 2 is 1.79 bits per heavy atom. The van der Waals surface area contributed by atoms with E-state index in [4.69, 9.17) is 4.74 Å². The fourth-order valence-electron chi connectivity index (χ4n) is 3.07. The summed E-state index contributed by atoms with van der Waals surface area (Å²) in [6.45, 7) is 1.36. The average Bonchev–Trinajstić information content (AvgIpc) is 3.09. The second-order valence-corrected chi connectivity index (χ2v) is 6.34. The van der Waals surface area contributed by atoms with E-state index < -0.39 is 17.9 Å². The molecule has 2 aromatic carbocycles. The van der Waals surface area contributed by atoms with Crippen LogP contribution < -0.4 is 10.6 Å². The lowest BCUT2D eigenvalue weighted by molar-refractivity contribution is -0.142. The normalized spacial score (nSPS) is 11.6. The highest BCUT2D eigenvalue weighted by Gasteiger charge is 2.25. The Morgan fingerprint density at radius 3 is 2.54 bits per heavy atom. The summed E-state index contributed by atoms with van der Waals surface area (Å²) in [6.07, 6.45) is 2.09. The third-order valence-electron chi connectivity index (χ3n) is 4.37. The number of fused-ring (bicyclic) bond motifs is 1. The molecule has 0 aliphatic heterocycles. The van der Waals surface area contributed by atoms with E-state index in [-0.39, 0.29) is 17.9 Å². The molecule has 0 saturated heterocycles. The number of nitrogens with one attached hydrogen (secondary N) is 3. The quantitative estimate of drug-likeness (QED) is 0.573. The lowest BCUT2D eigenvalue weighted by Gasteiger charge is -2.17. The van der Waals surface area contributed by atoms with Crippen LogP contribution in [0.2, 0.25) is 0 Å². The van der Waals surface area contributed by atoms with Crippen molar-refractivity contribution in [3.63, 3.8) is 0 Å². The molecule has 28 heavy (non-hydrogen) atoms. The van der Waals surface area contributed by atoms with Crippen LogP contribution in [0.25, 0.3) is 10.9 Å². The van der Waals surface area contributed by atoms with Crippen LogP contribution in [-0.4, -0.2) is 35.9 Å². The van der Waals surface area contributed by atoms with Crippen molar-refractivity contribution in [1.29, 1.82) is 0 Å². The lowest BCUT2D eigenvalue weighted by Crippen LogP contribution is -2.43. The summed E-state index contributed by atoms with van der Waals surface area (Å²) in [5.74, 6) is -1.31. The van der Waals surface area contributed by atoms with Crippen molar-refractivity contribution in [2.24, 2.45) is 0 Å². The van der Waals surface area contributed by atoms with E-state index in [0.29, 0.717) is 5.69 Å². The highest BCUT2D eigenvalue weighted by Crippen LogP contribution is 2.20. The number of ether oxygens (including phenoxy) is 1. The van der Waals surface area contributed by atoms with Crippen molar-refractivity contribution in [3.05, 3.63) is 65.9 Å². The molecule has 0 bridgehead atoms. The van der Waals surface area contributed by atoms with Gasteiger partial charge in [0.25, 0.3) is 5.91 Å². The van der Waals surface area contributed by atoms with Gasteiger partial charge in [-0.25, -0.2) is 4.79 Å². The monoisotopic (exact) mass is 379 g/mol. The molecule has 0 aliphatic carbocycles. The maximum absolute atomic E-state index is 12.8. The van der Waals surface area contributed by atoms with E-state index in [0.717, 1.165) is 16.5 Å². The Morgan fingerprint density at radius 1 is 1.07 bits per heavy atom. The molecular weight excluding hydrogens is 358 g/mol. The van der Waals surface area contributed by atoms with Crippen molar-refractivity contribution < 1.29 is 19.1 Å². The molecule has 3 aromatic rings. The molecule has 1 aromatic heterocycles. The van der Waals surface area contributed by atoms with Gasteiger partial charge >= 0.3 is 5.97 Å². The van der Waals surface area contributed by atoms with Gasteiger partial charge in [0.05, 0.1) is 18.4 Å². The number of methoxy groups -OCH3 is 1. The maximum atomic E-state index is 12.8. The summed E-state index contributed by atoms with van der Waals surface area (Å²) >= 11 is 0. The Hall–Kier alpha value is -3.61. The number of aromatic amines is 1. The summed E-state index contributed by atoms with van der Waals surface area (Å²) in [5, 5.41) is 6.32. The SMILES string of the molecule is COC(=O)[C@H](Cc1c[nH]c2ccccc12)NC(=O)c1ccccc1NC(C)=O. The first-order valence-corrected chi connectivity index (χ1v) is 8.80. The number of carbonyl (C=O) groups is 3. The molecule has 3 N–H and O–H groups in total. The van der Waals surface area contributed by atoms with Gasteiger partial charge in [-0.3, -0.25) is 9.59 Å². The van der Waals surface area contributed by atoms with E-state index in [2.05, 4.69) is 15.6 Å². The summed E-state index contributed by atoms with van der Waals surface area (Å²) in [4.78, 5) is 39.6. The number of amides is 2. The first kappa shape index (κ1) is 19.2. The van der Waals surface area contributed by atoms with Crippen molar-refractivity contribution in [3.8, 4) is 0 Å². The summed E-state index contributed by atoms with van der Waals surface area (Å²) in [5.41, 5.74) is 2.48. The predicted molar refractivity (Wildman–Crippen MR) is 106 cm³/mol. The molecule has 0 saturated carbocycles. The average molecular weight is 379 g/mol. The highest BCUT2D eigenvalue weighted by atomic mass is 16.5. The van der Waals surface area contributed by atoms with Crippen LogP contribution in [0.3, 0.4) is 0 Å². The van der Waals surface area contributed by atoms with Crippen LogP contribution in [0.1, 0.15) is 22.8 Å². The number of rotatable bonds is 6. The number of carbonyl (C=O) groups excluding carboxylic acids is 3. The summed E-state index contributed by atoms with van der Waals surface area (Å²) in [6, 6.07) is 13.5. The topological polar surface area (TPSA) is 100 Å². The number of anilines is 1. The Balaban J connectivity index is 1.84. The number of benzene rings is 2. The Bertz CT molecular complexity index is 1030. The molecule has 144 valence electrons. The van der Waals surface area contributed by atoms with Gasteiger partial charge in [-0.1, -0.05) is 30.3 Å². The van der Waals surface area contributed by atoms with Gasteiger partial charge in [-0.2, -0.15) is 0 Å². The van der Waals surface area contributed by atoms with E-state index in [1.54, 1.807) is 24.3 Å². The number of hydrogen-bond donors (Lipinski definition) is 3. The van der Waals surface area contributed by atoms with Gasteiger partial charge in [0.15, 0.2) is 0 Å². The van der Waals surface area contributed by atoms with Crippen LogP contribution in [0.15, 0.2) is 54.7 Å². The number of aromatic nitrogens is 1. The molecule has 0 radical (unpaired) electrons. The van der Waals surface area contributed by atoms with E-state index in [1.807, 2.05) is 30.5 Å². The third-order valence-corrected chi connectivity index (χ3v) is 4.37. The molecule has 2 amide bonds. The number of para-hydroxylation sites is 2. The van der Waals surface area contributed by atoms with Crippen LogP contribution in [0.5, 0.6) is 0 Å². The second-order valence-electron chi connectivity index (χ2n) is 6.34. The van der Waals surface area contributed by atoms with Crippen LogP contribution in [0, 0.1) is 0 Å². The van der Waals surface area contributed by atoms with Gasteiger partial charge in [0.2, 0.25) is 5.91 Å². The zero-order valence-corrected chi connectivity index (χ0v) is 15.6. The number of hydrogen-bond acceptors (Lipinski definition) is 4. The van der Waals surface area contributed by atoms with E-state index in [9.17, 15) is 14.4 Å². The standard InChI is InChI=1S/C21H21N3O4/c1-13(25)23-18-10-6-4-8-16(18)20(26)24-19(21(27)28-2)11-14-12-22-17-9-5-3-7-15(14)17/h3-10,12,19,22H,11H2,1-2H3,(H,23,25)(H,24,26)/t19-/m0/s1. The van der Waals surface area contributed by atoms with Crippen molar-refractivity contribution in [2.45, 2.75) is 19.4 Å². The summed E-state index contributed by atoms with van der Waals surface area (Å²) < 4.78 is 4.87. The second kappa shape index (κ2) is 8.39. The maximum Gasteiger partial charge on any atom is 0.328 e. The van der Waals surface area contributed by atoms with Gasteiger partial charge < -0.3 is 20.4 Å². The van der Waals surface area contributed by atoms with Gasteiger partial charge in [-0.05, 0) is 23.8 Å². The molecule has 0 aliphatic rings. The van der Waals surface area contributed by atoms with Gasteiger partial charge in [-0.15, -0.1) is 0 Å². The van der Waals surface area contributed by atoms with Crippen molar-refractivity contribution >= 4 is 34.4 Å². The smallest absolute Gasteiger partial charge is 0.328 e. The third kappa shape index (κ3) is 4.20. The predicted octanol–water partition coefficient (Wildman–Crippen LogP) is 2.64. The largest absolute Gasteiger partial charge is 0.467 e. The molecule has 0 unspecified atom stereocenters. The molecule has 7 nitrogen and oxygen atoms in total. The fraction of sp³-hybridized carbons (Fsp3) is 0.190. The first-order valence-electron chi connectivity index (χ1n) is 8.80. The summed E-state index contributed by atoms with van der Waals surface area (Å²) in [7, 11) is 1.28. The van der Waals surface area contributed by atoms with Crippen LogP contribution in [0.4, 0.5) is 5.69 Å². The molecule has 1 atom stereocenters. The zero-order valence-electron chi connectivity index (χ0n) is 15.6. The fourth-order valence-corrected chi connectivity index (χ4v) is 3.07. The van der Waals surface area contributed by atoms with Crippen molar-refractivity contribution in [2.75, 3.05) is 12.4 Å². The van der Waals surface area contributed by atoms with E-state index >= 15 is 0 Å². The minimum absolute atomic E-state index is 0.269. The number of H-pyrrole nitrogens is 1. The highest BCUT2D eigenvalue weighted by molar-refractivity contribution is 6.04. The lowest BCUT2D eigenvalue weighted by atomic mass is 10.0. The van der Waals surface area contributed by atoms with Gasteiger partial charge in [0.1, 0.15) is 6.04 Å². The molecular formula is C21H21N3O4. The Labute approximate surface area is 162 Å². The minimum Gasteiger partial charge on any atom is -0.467 e. The molecule has 1 heterocycles. The first-order chi connectivity index (χ1) is 13.5. The minimum atomic E-state index is -0.873. The van der Waals surface area contributed by atoms with Crippen LogP contribution in [-0.2, 0) is 20.7 Å². The van der Waals surface area contributed by atoms with Crippen LogP contribution >= 0.6 is 0 Å². The molecule has 0 spiro atoms. The molecule has 3 rings (SSSR count). The van der Waals surface area contributed by atoms with Gasteiger partial charge in [0, 0.05) is 30.4 Å². The number of esters is 1. The van der Waals surface area contributed by atoms with Crippen molar-refractivity contribution in [1.82, 2.24) is 10.3 Å².